The predicted octanol–water partition coefficient (Wildman–Crippen LogP) is 7.63. The number of hydrogen-bond acceptors (Lipinski definition) is 4. The van der Waals surface area contributed by atoms with Crippen molar-refractivity contribution in [3.63, 3.8) is 0 Å². The molecule has 3 atom stereocenters. The number of aliphatic imine (C=N–C) groups is 1. The van der Waals surface area contributed by atoms with Crippen molar-refractivity contribution < 1.29 is 9.47 Å². The molecule has 0 unspecified atom stereocenters. The number of aryl methyl sites for hydroxylation is 1. The van der Waals surface area contributed by atoms with Gasteiger partial charge in [-0.15, -0.1) is 0 Å². The molecular weight excluding hydrogens is 444 g/mol. The van der Waals surface area contributed by atoms with E-state index in [4.69, 9.17) is 21.1 Å². The Hall–Kier alpha value is -3.24. The Kier molecular flexibility index (Phi) is 6.34. The highest BCUT2D eigenvalue weighted by molar-refractivity contribution is 6.32. The largest absolute Gasteiger partial charge is 0.491 e. The van der Waals surface area contributed by atoms with Crippen LogP contribution in [0.3, 0.4) is 0 Å². The first-order valence-corrected chi connectivity index (χ1v) is 12.1. The van der Waals surface area contributed by atoms with Gasteiger partial charge in [-0.2, -0.15) is 0 Å². The summed E-state index contributed by atoms with van der Waals surface area (Å²) in [5, 5.41) is 4.31. The van der Waals surface area contributed by atoms with E-state index in [1.54, 1.807) is 13.3 Å². The van der Waals surface area contributed by atoms with Crippen LogP contribution in [0, 0.1) is 12.8 Å². The van der Waals surface area contributed by atoms with Crippen molar-refractivity contribution in [2.45, 2.75) is 32.2 Å². The summed E-state index contributed by atoms with van der Waals surface area (Å²) in [7, 11) is 1.59. The summed E-state index contributed by atoms with van der Waals surface area (Å²) in [5.74, 6) is 2.16. The van der Waals surface area contributed by atoms with Crippen LogP contribution < -0.4 is 14.8 Å². The van der Waals surface area contributed by atoms with Crippen LogP contribution in [0.15, 0.2) is 71.7 Å². The Balaban J connectivity index is 1.36. The smallest absolute Gasteiger partial charge is 0.179 e. The molecule has 3 aromatic carbocycles. The van der Waals surface area contributed by atoms with Crippen molar-refractivity contribution in [3.05, 3.63) is 94.0 Å². The maximum Gasteiger partial charge on any atom is 0.179 e. The van der Waals surface area contributed by atoms with Crippen LogP contribution in [-0.4, -0.2) is 19.9 Å². The zero-order valence-corrected chi connectivity index (χ0v) is 20.5. The standard InChI is InChI=1S/C29H29ClN2O2/c1-4-34-27-16-19(15-25(30)29(27)33-3)17-31-21-11-9-20(10-12-21)28-23-7-5-6-22(23)24-14-18(2)8-13-26(24)32-28/h5-6,8-17,22-23,28,32H,4,7H2,1-3H3/t22-,23-,28+/m1/s1. The lowest BCUT2D eigenvalue weighted by molar-refractivity contribution is 0.311. The molecule has 0 aromatic heterocycles. The highest BCUT2D eigenvalue weighted by atomic mass is 35.5. The molecule has 0 spiro atoms. The van der Waals surface area contributed by atoms with Crippen molar-refractivity contribution in [1.82, 2.24) is 0 Å². The summed E-state index contributed by atoms with van der Waals surface area (Å²) < 4.78 is 11.0. The van der Waals surface area contributed by atoms with Gasteiger partial charge in [0.25, 0.3) is 0 Å². The first-order valence-electron chi connectivity index (χ1n) is 11.8. The lowest BCUT2D eigenvalue weighted by atomic mass is 9.76. The average molecular weight is 473 g/mol. The Labute approximate surface area is 206 Å². The van der Waals surface area contributed by atoms with Gasteiger partial charge in [0.15, 0.2) is 11.5 Å². The van der Waals surface area contributed by atoms with Crippen LogP contribution in [0.5, 0.6) is 11.5 Å². The number of anilines is 1. The van der Waals surface area contributed by atoms with Gasteiger partial charge in [0, 0.05) is 17.8 Å². The number of allylic oxidation sites excluding steroid dienone is 2. The number of benzene rings is 3. The molecule has 0 radical (unpaired) electrons. The summed E-state index contributed by atoms with van der Waals surface area (Å²) >= 11 is 6.37. The first-order chi connectivity index (χ1) is 16.6. The van der Waals surface area contributed by atoms with E-state index < -0.39 is 0 Å². The van der Waals surface area contributed by atoms with E-state index in [0.29, 0.717) is 35.0 Å². The van der Waals surface area contributed by atoms with Gasteiger partial charge in [-0.25, -0.2) is 0 Å². The summed E-state index contributed by atoms with van der Waals surface area (Å²) in [5.41, 5.74) is 7.01. The monoisotopic (exact) mass is 472 g/mol. The lowest BCUT2D eigenvalue weighted by Crippen LogP contribution is -2.29. The van der Waals surface area contributed by atoms with Gasteiger partial charge in [0.2, 0.25) is 0 Å². The van der Waals surface area contributed by atoms with Crippen LogP contribution in [0.25, 0.3) is 0 Å². The maximum absolute atomic E-state index is 6.37. The third kappa shape index (κ3) is 4.30. The van der Waals surface area contributed by atoms with E-state index >= 15 is 0 Å². The van der Waals surface area contributed by atoms with Gasteiger partial charge >= 0.3 is 0 Å². The van der Waals surface area contributed by atoms with Gasteiger partial charge < -0.3 is 14.8 Å². The second kappa shape index (κ2) is 9.55. The SMILES string of the molecule is CCOc1cc(C=Nc2ccc([C@@H]3Nc4ccc(C)cc4[C@@H]4C=CC[C@H]43)cc2)cc(Cl)c1OC. The molecule has 2 aliphatic rings. The van der Waals surface area contributed by atoms with Crippen LogP contribution in [0.2, 0.25) is 5.02 Å². The minimum absolute atomic E-state index is 0.280. The Morgan fingerprint density at radius 2 is 1.94 bits per heavy atom. The van der Waals surface area contributed by atoms with E-state index in [1.807, 2.05) is 19.1 Å². The van der Waals surface area contributed by atoms with Crippen molar-refractivity contribution in [1.29, 1.82) is 0 Å². The second-order valence-corrected chi connectivity index (χ2v) is 9.29. The minimum Gasteiger partial charge on any atom is -0.491 e. The molecule has 1 heterocycles. The predicted molar refractivity (Wildman–Crippen MR) is 140 cm³/mol. The van der Waals surface area contributed by atoms with Gasteiger partial charge in [-0.1, -0.05) is 53.6 Å². The van der Waals surface area contributed by atoms with Crippen molar-refractivity contribution in [3.8, 4) is 11.5 Å². The molecule has 34 heavy (non-hydrogen) atoms. The number of nitrogens with zero attached hydrogens (tertiary/aromatic N) is 1. The quantitative estimate of drug-likeness (QED) is 0.296. The fourth-order valence-electron chi connectivity index (χ4n) is 5.08. The minimum atomic E-state index is 0.280. The molecule has 0 bridgehead atoms. The number of hydrogen-bond donors (Lipinski definition) is 1. The number of halogens is 1. The number of fused-ring (bicyclic) bond motifs is 3. The van der Waals surface area contributed by atoms with Crippen molar-refractivity contribution in [2.75, 3.05) is 19.0 Å². The Bertz CT molecular complexity index is 1250. The van der Waals surface area contributed by atoms with Gasteiger partial charge in [0.1, 0.15) is 0 Å². The normalized spacial score (nSPS) is 20.6. The summed E-state index contributed by atoms with van der Waals surface area (Å²) in [4.78, 5) is 4.66. The maximum atomic E-state index is 6.37. The van der Waals surface area contributed by atoms with E-state index in [1.165, 1.54) is 22.4 Å². The van der Waals surface area contributed by atoms with E-state index in [-0.39, 0.29) is 6.04 Å². The fourth-order valence-corrected chi connectivity index (χ4v) is 5.38. The third-order valence-electron chi connectivity index (χ3n) is 6.67. The number of nitrogens with one attached hydrogen (secondary N) is 1. The topological polar surface area (TPSA) is 42.8 Å². The van der Waals surface area contributed by atoms with Crippen LogP contribution in [-0.2, 0) is 0 Å². The number of methoxy groups -OCH3 is 1. The molecule has 0 amide bonds. The third-order valence-corrected chi connectivity index (χ3v) is 6.95. The summed E-state index contributed by atoms with van der Waals surface area (Å²) in [6, 6.07) is 19.3. The van der Waals surface area contributed by atoms with E-state index in [0.717, 1.165) is 17.7 Å². The molecule has 1 aliphatic heterocycles. The van der Waals surface area contributed by atoms with E-state index in [9.17, 15) is 0 Å². The molecule has 5 rings (SSSR count). The molecule has 4 nitrogen and oxygen atoms in total. The highest BCUT2D eigenvalue weighted by Gasteiger charge is 2.37. The molecule has 3 aromatic rings. The van der Waals surface area contributed by atoms with Gasteiger partial charge in [0.05, 0.1) is 30.5 Å². The van der Waals surface area contributed by atoms with Gasteiger partial charge in [-0.3, -0.25) is 4.99 Å². The van der Waals surface area contributed by atoms with Crippen molar-refractivity contribution >= 4 is 29.2 Å². The number of rotatable bonds is 6. The first kappa shape index (κ1) is 22.5. The molecule has 174 valence electrons. The molecular formula is C29H29ClN2O2. The Morgan fingerprint density at radius 1 is 1.12 bits per heavy atom. The van der Waals surface area contributed by atoms with Crippen molar-refractivity contribution in [2.24, 2.45) is 10.9 Å². The fraction of sp³-hybridized carbons (Fsp3) is 0.276. The van der Waals surface area contributed by atoms with Crippen LogP contribution >= 0.6 is 11.6 Å². The van der Waals surface area contributed by atoms with Crippen LogP contribution in [0.1, 0.15) is 47.6 Å². The Morgan fingerprint density at radius 3 is 2.71 bits per heavy atom. The average Bonchev–Trinajstić information content (AvgIpc) is 3.33. The second-order valence-electron chi connectivity index (χ2n) is 8.88. The zero-order valence-electron chi connectivity index (χ0n) is 19.7. The lowest BCUT2D eigenvalue weighted by Gasteiger charge is -2.37. The van der Waals surface area contributed by atoms with Crippen LogP contribution in [0.4, 0.5) is 11.4 Å². The molecule has 5 heteroatoms. The zero-order chi connectivity index (χ0) is 23.7. The van der Waals surface area contributed by atoms with E-state index in [2.05, 4.69) is 71.8 Å². The van der Waals surface area contributed by atoms with Gasteiger partial charge in [-0.05, 0) is 73.2 Å². The molecule has 0 saturated heterocycles. The number of ether oxygens (including phenoxy) is 2. The summed E-state index contributed by atoms with van der Waals surface area (Å²) in [6.45, 7) is 4.63. The molecule has 1 aliphatic carbocycles. The molecule has 0 fully saturated rings. The molecule has 1 N–H and O–H groups in total. The summed E-state index contributed by atoms with van der Waals surface area (Å²) in [6.07, 6.45) is 7.61. The highest BCUT2D eigenvalue weighted by Crippen LogP contribution is 2.50. The molecule has 0 saturated carbocycles.